The average molecular weight is 194 g/mol. The van der Waals surface area contributed by atoms with E-state index >= 15 is 0 Å². The second kappa shape index (κ2) is 2.90. The highest BCUT2D eigenvalue weighted by molar-refractivity contribution is 7.99. The van der Waals surface area contributed by atoms with E-state index in [1.54, 1.807) is 6.20 Å². The lowest BCUT2D eigenvalue weighted by molar-refractivity contribution is 0.676. The summed E-state index contributed by atoms with van der Waals surface area (Å²) in [5.41, 5.74) is 7.52. The van der Waals surface area contributed by atoms with Crippen molar-refractivity contribution in [2.45, 2.75) is 4.90 Å². The van der Waals surface area contributed by atoms with Gasteiger partial charge in [-0.1, -0.05) is 18.2 Å². The summed E-state index contributed by atoms with van der Waals surface area (Å²) in [6, 6.07) is 7.49. The van der Waals surface area contributed by atoms with E-state index in [9.17, 15) is 4.21 Å². The second-order valence-electron chi connectivity index (χ2n) is 2.73. The van der Waals surface area contributed by atoms with Crippen molar-refractivity contribution in [2.24, 2.45) is 5.73 Å². The summed E-state index contributed by atoms with van der Waals surface area (Å²) in [6.45, 7) is 0. The van der Waals surface area contributed by atoms with Crippen molar-refractivity contribution < 1.29 is 4.21 Å². The first-order valence-corrected chi connectivity index (χ1v) is 5.50. The molecule has 1 atom stereocenters. The molecule has 0 bridgehead atoms. The van der Waals surface area contributed by atoms with Crippen LogP contribution in [0, 0.1) is 0 Å². The normalized spacial score (nSPS) is 24.7. The van der Waals surface area contributed by atoms with Gasteiger partial charge in [0.05, 0.1) is 20.1 Å². The van der Waals surface area contributed by atoms with Crippen LogP contribution < -0.4 is 10.5 Å². The molecular formula is C9H10N2OS. The van der Waals surface area contributed by atoms with Crippen LogP contribution in [-0.4, -0.2) is 9.70 Å². The van der Waals surface area contributed by atoms with Crippen molar-refractivity contribution in [3.05, 3.63) is 36.0 Å². The molecule has 0 fully saturated rings. The Balaban J connectivity index is 2.77. The zero-order chi connectivity index (χ0) is 9.31. The highest BCUT2D eigenvalue weighted by Gasteiger charge is 2.14. The molecule has 4 heteroatoms. The van der Waals surface area contributed by atoms with Gasteiger partial charge in [-0.3, -0.25) is 0 Å². The minimum absolute atomic E-state index is 0.750. The van der Waals surface area contributed by atoms with Gasteiger partial charge in [0, 0.05) is 6.20 Å². The Morgan fingerprint density at radius 1 is 1.38 bits per heavy atom. The maximum atomic E-state index is 12.1. The van der Waals surface area contributed by atoms with Gasteiger partial charge in [0.1, 0.15) is 0 Å². The van der Waals surface area contributed by atoms with Crippen molar-refractivity contribution in [3.63, 3.8) is 0 Å². The van der Waals surface area contributed by atoms with Gasteiger partial charge in [0.25, 0.3) is 0 Å². The van der Waals surface area contributed by atoms with Crippen LogP contribution in [0.5, 0.6) is 0 Å². The van der Waals surface area contributed by atoms with Crippen LogP contribution in [0.15, 0.2) is 35.4 Å². The van der Waals surface area contributed by atoms with Crippen LogP contribution in [-0.2, 0) is 9.71 Å². The summed E-state index contributed by atoms with van der Waals surface area (Å²) in [7, 11) is -2.37. The van der Waals surface area contributed by atoms with Crippen LogP contribution in [0.25, 0.3) is 6.08 Å². The molecule has 3 N–H and O–H groups in total. The van der Waals surface area contributed by atoms with Crippen molar-refractivity contribution in [1.82, 2.24) is 4.72 Å². The van der Waals surface area contributed by atoms with Crippen molar-refractivity contribution in [3.8, 4) is 0 Å². The molecule has 0 aliphatic carbocycles. The number of fused-ring (bicyclic) bond motifs is 1. The predicted octanol–water partition coefficient (Wildman–Crippen LogP) is 0.537. The Kier molecular flexibility index (Phi) is 1.86. The van der Waals surface area contributed by atoms with E-state index in [-0.39, 0.29) is 0 Å². The molecule has 1 aliphatic heterocycles. The van der Waals surface area contributed by atoms with E-state index in [0.717, 1.165) is 10.5 Å². The molecule has 3 nitrogen and oxygen atoms in total. The van der Waals surface area contributed by atoms with Crippen molar-refractivity contribution in [2.75, 3.05) is 0 Å². The summed E-state index contributed by atoms with van der Waals surface area (Å²) in [5, 5.41) is 0. The largest absolute Gasteiger partial charge is 0.315 e. The molecule has 1 aromatic carbocycles. The van der Waals surface area contributed by atoms with Crippen molar-refractivity contribution in [1.29, 1.82) is 0 Å². The van der Waals surface area contributed by atoms with Crippen LogP contribution in [0.1, 0.15) is 5.56 Å². The Morgan fingerprint density at radius 3 is 2.92 bits per heavy atom. The van der Waals surface area contributed by atoms with E-state index in [4.69, 9.17) is 5.73 Å². The average Bonchev–Trinajstić information content (AvgIpc) is 2.19. The molecule has 0 saturated heterocycles. The first kappa shape index (κ1) is 8.34. The zero-order valence-corrected chi connectivity index (χ0v) is 7.75. The molecule has 0 radical (unpaired) electrons. The molecule has 0 aromatic heterocycles. The number of rotatable bonds is 0. The molecule has 2 rings (SSSR count). The molecule has 0 amide bonds. The summed E-state index contributed by atoms with van der Waals surface area (Å²) in [4.78, 5) is 0.750. The third-order valence-electron chi connectivity index (χ3n) is 1.94. The Morgan fingerprint density at radius 2 is 2.15 bits per heavy atom. The lowest BCUT2D eigenvalue weighted by Gasteiger charge is -2.17. The van der Waals surface area contributed by atoms with Crippen LogP contribution in [0.2, 0.25) is 0 Å². The van der Waals surface area contributed by atoms with Gasteiger partial charge in [-0.25, -0.2) is 4.21 Å². The van der Waals surface area contributed by atoms with E-state index in [1.807, 2.05) is 30.3 Å². The molecular weight excluding hydrogens is 184 g/mol. The third kappa shape index (κ3) is 1.24. The summed E-state index contributed by atoms with van der Waals surface area (Å²) < 4.78 is 14.8. The number of nitrogens with one attached hydrogen (secondary N) is 1. The topological polar surface area (TPSA) is 55.1 Å². The van der Waals surface area contributed by atoms with Gasteiger partial charge in [0.2, 0.25) is 0 Å². The molecule has 0 spiro atoms. The highest BCUT2D eigenvalue weighted by atomic mass is 32.2. The molecule has 13 heavy (non-hydrogen) atoms. The van der Waals surface area contributed by atoms with Gasteiger partial charge in [-0.05, 0) is 17.7 Å². The first-order chi connectivity index (χ1) is 6.26. The second-order valence-corrected chi connectivity index (χ2v) is 4.87. The van der Waals surface area contributed by atoms with Crippen LogP contribution in [0.3, 0.4) is 0 Å². The zero-order valence-electron chi connectivity index (χ0n) is 6.94. The lowest BCUT2D eigenvalue weighted by Crippen LogP contribution is -2.26. The number of hydrogen-bond acceptors (Lipinski definition) is 1. The van der Waals surface area contributed by atoms with E-state index in [2.05, 4.69) is 4.72 Å². The fraction of sp³-hybridized carbons (Fsp3) is 0. The number of hydrogen-bond donors (Lipinski definition) is 2. The Labute approximate surface area is 77.4 Å². The summed E-state index contributed by atoms with van der Waals surface area (Å²) in [6.07, 6.45) is 3.54. The van der Waals surface area contributed by atoms with Crippen LogP contribution >= 0.6 is 0 Å². The number of benzene rings is 1. The Hall–Kier alpha value is -1.26. The summed E-state index contributed by atoms with van der Waals surface area (Å²) >= 11 is 0. The van der Waals surface area contributed by atoms with E-state index in [1.165, 1.54) is 5.49 Å². The maximum Gasteiger partial charge on any atom is 0.0906 e. The molecule has 68 valence electrons. The molecule has 1 unspecified atom stereocenters. The lowest BCUT2D eigenvalue weighted by atomic mass is 10.2. The van der Waals surface area contributed by atoms with Crippen molar-refractivity contribution >= 4 is 21.3 Å². The third-order valence-corrected chi connectivity index (χ3v) is 3.84. The highest BCUT2D eigenvalue weighted by Crippen LogP contribution is 2.19. The SMILES string of the molecule is NC=S1(=O)NC=Cc2ccccc21. The molecule has 1 heterocycles. The first-order valence-electron chi connectivity index (χ1n) is 3.88. The maximum absolute atomic E-state index is 12.1. The number of nitrogens with two attached hydrogens (primary N) is 1. The van der Waals surface area contributed by atoms with Gasteiger partial charge < -0.3 is 10.5 Å². The van der Waals surface area contributed by atoms with Crippen LogP contribution in [0.4, 0.5) is 0 Å². The van der Waals surface area contributed by atoms with Gasteiger partial charge >= 0.3 is 0 Å². The smallest absolute Gasteiger partial charge is 0.0906 e. The molecule has 1 aliphatic rings. The quantitative estimate of drug-likeness (QED) is 0.592. The van der Waals surface area contributed by atoms with Gasteiger partial charge in [-0.2, -0.15) is 0 Å². The minimum Gasteiger partial charge on any atom is -0.315 e. The fourth-order valence-corrected chi connectivity index (χ4v) is 2.68. The monoisotopic (exact) mass is 194 g/mol. The molecule has 1 aromatic rings. The minimum atomic E-state index is -2.37. The standard InChI is InChI=1S/C9H10N2OS/c10-7-13(12)9-4-2-1-3-8(9)5-6-11-13/h1-7H,10H2,(H,11,12). The van der Waals surface area contributed by atoms with Gasteiger partial charge in [0.15, 0.2) is 0 Å². The summed E-state index contributed by atoms with van der Waals surface area (Å²) in [5.74, 6) is 0. The fourth-order valence-electron chi connectivity index (χ4n) is 1.30. The van der Waals surface area contributed by atoms with Gasteiger partial charge in [-0.15, -0.1) is 0 Å². The van der Waals surface area contributed by atoms with E-state index in [0.29, 0.717) is 0 Å². The Bertz CT molecular complexity index is 470. The molecule has 0 saturated carbocycles. The van der Waals surface area contributed by atoms with E-state index < -0.39 is 9.71 Å². The predicted molar refractivity (Wildman–Crippen MR) is 55.3 cm³/mol.